The molecule has 5 nitrogen and oxygen atoms in total. The number of carbonyl (C=O) groups excluding carboxylic acids is 1. The monoisotopic (exact) mass is 229 g/mol. The van der Waals surface area contributed by atoms with Gasteiger partial charge >= 0.3 is 5.97 Å². The molecule has 1 aliphatic carbocycles. The van der Waals surface area contributed by atoms with Crippen LogP contribution in [0.4, 0.5) is 0 Å². The third-order valence-electron chi connectivity index (χ3n) is 2.87. The van der Waals surface area contributed by atoms with Crippen LogP contribution in [0.3, 0.4) is 0 Å². The molecule has 0 spiro atoms. The highest BCUT2D eigenvalue weighted by molar-refractivity contribution is 5.77. The third kappa shape index (κ3) is 4.61. The van der Waals surface area contributed by atoms with Crippen LogP contribution in [0.15, 0.2) is 0 Å². The zero-order chi connectivity index (χ0) is 12.0. The molecule has 0 radical (unpaired) electrons. The maximum Gasteiger partial charge on any atom is 0.303 e. The molecule has 1 aliphatic rings. The molecule has 0 aromatic heterocycles. The molecule has 0 aliphatic heterocycles. The molecular weight excluding hydrogens is 210 g/mol. The van der Waals surface area contributed by atoms with Crippen LogP contribution in [0.5, 0.6) is 0 Å². The van der Waals surface area contributed by atoms with E-state index in [1.165, 1.54) is 0 Å². The molecule has 3 N–H and O–H groups in total. The van der Waals surface area contributed by atoms with Gasteiger partial charge in [0.25, 0.3) is 0 Å². The van der Waals surface area contributed by atoms with Gasteiger partial charge in [-0.3, -0.25) is 9.59 Å². The maximum atomic E-state index is 11.4. The van der Waals surface area contributed by atoms with Crippen LogP contribution in [-0.2, 0) is 9.59 Å². The third-order valence-corrected chi connectivity index (χ3v) is 2.87. The second-order valence-corrected chi connectivity index (χ2v) is 4.27. The number of carboxylic acid groups (broad SMARTS) is 1. The minimum Gasteiger partial charge on any atom is -0.481 e. The summed E-state index contributed by atoms with van der Waals surface area (Å²) >= 11 is 0. The van der Waals surface area contributed by atoms with E-state index < -0.39 is 12.1 Å². The van der Waals surface area contributed by atoms with Crippen LogP contribution in [0, 0.1) is 0 Å². The fourth-order valence-electron chi connectivity index (χ4n) is 1.96. The lowest BCUT2D eigenvalue weighted by molar-refractivity contribution is -0.137. The molecule has 0 aromatic carbocycles. The largest absolute Gasteiger partial charge is 0.481 e. The van der Waals surface area contributed by atoms with Gasteiger partial charge < -0.3 is 15.5 Å². The predicted molar refractivity (Wildman–Crippen MR) is 57.9 cm³/mol. The van der Waals surface area contributed by atoms with Gasteiger partial charge in [-0.1, -0.05) is 12.8 Å². The number of nitrogens with one attached hydrogen (secondary N) is 1. The molecule has 0 heterocycles. The lowest BCUT2D eigenvalue weighted by Gasteiger charge is -2.28. The summed E-state index contributed by atoms with van der Waals surface area (Å²) in [6.07, 6.45) is 3.72. The Bertz CT molecular complexity index is 254. The van der Waals surface area contributed by atoms with E-state index in [1.807, 2.05) is 0 Å². The van der Waals surface area contributed by atoms with E-state index in [9.17, 15) is 14.7 Å². The zero-order valence-corrected chi connectivity index (χ0v) is 9.32. The number of carbonyl (C=O) groups is 2. The van der Waals surface area contributed by atoms with Gasteiger partial charge in [0.05, 0.1) is 12.1 Å². The van der Waals surface area contributed by atoms with Gasteiger partial charge in [-0.2, -0.15) is 0 Å². The SMILES string of the molecule is O=C(O)CCCC(=O)N[C@H]1CCCC[C@@H]1O. The zero-order valence-electron chi connectivity index (χ0n) is 9.32. The summed E-state index contributed by atoms with van der Waals surface area (Å²) in [6.45, 7) is 0. The number of carboxylic acids is 1. The fourth-order valence-corrected chi connectivity index (χ4v) is 1.96. The van der Waals surface area contributed by atoms with Gasteiger partial charge in [-0.05, 0) is 19.3 Å². The maximum absolute atomic E-state index is 11.4. The van der Waals surface area contributed by atoms with E-state index in [1.54, 1.807) is 0 Å². The second-order valence-electron chi connectivity index (χ2n) is 4.27. The van der Waals surface area contributed by atoms with Crippen molar-refractivity contribution in [1.29, 1.82) is 0 Å². The first-order chi connectivity index (χ1) is 7.59. The van der Waals surface area contributed by atoms with Crippen molar-refractivity contribution in [3.05, 3.63) is 0 Å². The van der Waals surface area contributed by atoms with Crippen molar-refractivity contribution in [2.75, 3.05) is 0 Å². The molecule has 0 aromatic rings. The van der Waals surface area contributed by atoms with Crippen molar-refractivity contribution in [3.63, 3.8) is 0 Å². The summed E-state index contributed by atoms with van der Waals surface area (Å²) in [7, 11) is 0. The second kappa shape index (κ2) is 6.48. The molecule has 2 atom stereocenters. The van der Waals surface area contributed by atoms with Gasteiger partial charge in [0, 0.05) is 12.8 Å². The number of aliphatic carboxylic acids is 1. The predicted octanol–water partition coefficient (Wildman–Crippen LogP) is 0.661. The van der Waals surface area contributed by atoms with E-state index in [-0.39, 0.29) is 24.8 Å². The van der Waals surface area contributed by atoms with Crippen LogP contribution in [0.25, 0.3) is 0 Å². The van der Waals surface area contributed by atoms with E-state index in [0.717, 1.165) is 25.7 Å². The quantitative estimate of drug-likeness (QED) is 0.646. The summed E-state index contributed by atoms with van der Waals surface area (Å²) in [4.78, 5) is 21.7. The lowest BCUT2D eigenvalue weighted by atomic mass is 9.92. The van der Waals surface area contributed by atoms with Crippen molar-refractivity contribution in [2.45, 2.75) is 57.1 Å². The minimum atomic E-state index is -0.884. The molecule has 1 saturated carbocycles. The Morgan fingerprint density at radius 1 is 1.19 bits per heavy atom. The van der Waals surface area contributed by atoms with Crippen LogP contribution in [0.1, 0.15) is 44.9 Å². The number of aliphatic hydroxyl groups excluding tert-OH is 1. The van der Waals surface area contributed by atoms with Crippen molar-refractivity contribution in [1.82, 2.24) is 5.32 Å². The Balaban J connectivity index is 2.19. The molecule has 92 valence electrons. The standard InChI is InChI=1S/C11H19NO4/c13-9-5-2-1-4-8(9)12-10(14)6-3-7-11(15)16/h8-9,13H,1-7H2,(H,12,14)(H,15,16)/t8-,9-/m0/s1. The average Bonchev–Trinajstić information content (AvgIpc) is 2.21. The Labute approximate surface area is 94.8 Å². The highest BCUT2D eigenvalue weighted by atomic mass is 16.4. The van der Waals surface area contributed by atoms with Gasteiger partial charge in [-0.15, -0.1) is 0 Å². The molecule has 5 heteroatoms. The van der Waals surface area contributed by atoms with E-state index in [4.69, 9.17) is 5.11 Å². The smallest absolute Gasteiger partial charge is 0.303 e. The van der Waals surface area contributed by atoms with Crippen molar-refractivity contribution in [2.24, 2.45) is 0 Å². The van der Waals surface area contributed by atoms with Crippen molar-refractivity contribution in [3.8, 4) is 0 Å². The van der Waals surface area contributed by atoms with Gasteiger partial charge in [0.15, 0.2) is 0 Å². The normalized spacial score (nSPS) is 25.1. The summed E-state index contributed by atoms with van der Waals surface area (Å²) in [5.41, 5.74) is 0. The summed E-state index contributed by atoms with van der Waals surface area (Å²) in [5.74, 6) is -1.04. The highest BCUT2D eigenvalue weighted by Gasteiger charge is 2.24. The first-order valence-electron chi connectivity index (χ1n) is 5.79. The molecule has 1 rings (SSSR count). The van der Waals surface area contributed by atoms with Gasteiger partial charge in [-0.25, -0.2) is 0 Å². The molecule has 1 fully saturated rings. The molecule has 1 amide bonds. The molecular formula is C11H19NO4. The van der Waals surface area contributed by atoms with Gasteiger partial charge in [0.2, 0.25) is 5.91 Å². The van der Waals surface area contributed by atoms with Gasteiger partial charge in [0.1, 0.15) is 0 Å². The topological polar surface area (TPSA) is 86.6 Å². The fraction of sp³-hybridized carbons (Fsp3) is 0.818. The van der Waals surface area contributed by atoms with E-state index >= 15 is 0 Å². The number of amides is 1. The Morgan fingerprint density at radius 2 is 1.88 bits per heavy atom. The summed E-state index contributed by atoms with van der Waals surface area (Å²) in [6, 6.07) is -0.147. The average molecular weight is 229 g/mol. The Morgan fingerprint density at radius 3 is 2.50 bits per heavy atom. The highest BCUT2D eigenvalue weighted by Crippen LogP contribution is 2.18. The number of hydrogen-bond donors (Lipinski definition) is 3. The lowest BCUT2D eigenvalue weighted by Crippen LogP contribution is -2.45. The van der Waals surface area contributed by atoms with Crippen LogP contribution >= 0.6 is 0 Å². The molecule has 0 unspecified atom stereocenters. The number of rotatable bonds is 5. The molecule has 0 saturated heterocycles. The first kappa shape index (κ1) is 13.0. The van der Waals surface area contributed by atoms with Crippen LogP contribution in [0.2, 0.25) is 0 Å². The van der Waals surface area contributed by atoms with Crippen molar-refractivity contribution >= 4 is 11.9 Å². The molecule has 0 bridgehead atoms. The van der Waals surface area contributed by atoms with E-state index in [2.05, 4.69) is 5.32 Å². The van der Waals surface area contributed by atoms with E-state index in [0.29, 0.717) is 6.42 Å². The van der Waals surface area contributed by atoms with Crippen LogP contribution < -0.4 is 5.32 Å². The van der Waals surface area contributed by atoms with Crippen LogP contribution in [-0.4, -0.2) is 34.2 Å². The number of hydrogen-bond acceptors (Lipinski definition) is 3. The Kier molecular flexibility index (Phi) is 5.25. The minimum absolute atomic E-state index is 0.0145. The Hall–Kier alpha value is -1.10. The molecule has 16 heavy (non-hydrogen) atoms. The summed E-state index contributed by atoms with van der Waals surface area (Å²) < 4.78 is 0. The summed E-state index contributed by atoms with van der Waals surface area (Å²) in [5, 5.41) is 20.8. The van der Waals surface area contributed by atoms with Crippen molar-refractivity contribution < 1.29 is 19.8 Å². The number of aliphatic hydroxyl groups is 1. The first-order valence-corrected chi connectivity index (χ1v) is 5.79.